The Morgan fingerprint density at radius 2 is 1.50 bits per heavy atom. The van der Waals surface area contributed by atoms with Gasteiger partial charge in [-0.3, -0.25) is 14.3 Å². The first-order valence-corrected chi connectivity index (χ1v) is 13.1. The highest BCUT2D eigenvalue weighted by molar-refractivity contribution is 7.92. The second kappa shape index (κ2) is 10.3. The van der Waals surface area contributed by atoms with E-state index in [4.69, 9.17) is 4.74 Å². The van der Waals surface area contributed by atoms with Gasteiger partial charge in [-0.05, 0) is 43.0 Å². The van der Waals surface area contributed by atoms with E-state index in [1.54, 1.807) is 12.1 Å². The van der Waals surface area contributed by atoms with Gasteiger partial charge >= 0.3 is 12.1 Å². The molecule has 2 N–H and O–H groups in total. The lowest BCUT2D eigenvalue weighted by Crippen LogP contribution is -2.35. The zero-order valence-electron chi connectivity index (χ0n) is 21.4. The summed E-state index contributed by atoms with van der Waals surface area (Å²) < 4.78 is 74.1. The Hall–Kier alpha value is -3.60. The molecule has 0 heterocycles. The Morgan fingerprint density at radius 3 is 2.00 bits per heavy atom. The number of rotatable bonds is 7. The zero-order chi connectivity index (χ0) is 28.6. The van der Waals surface area contributed by atoms with E-state index in [2.05, 4.69) is 4.72 Å². The molecule has 0 unspecified atom stereocenters. The summed E-state index contributed by atoms with van der Waals surface area (Å²) >= 11 is 0. The summed E-state index contributed by atoms with van der Waals surface area (Å²) in [7, 11) is -4.27. The molecule has 0 spiro atoms. The predicted molar refractivity (Wildman–Crippen MR) is 137 cm³/mol. The van der Waals surface area contributed by atoms with Crippen LogP contribution in [-0.2, 0) is 29.8 Å². The topological polar surface area (TPSA) is 110 Å². The molecule has 0 bridgehead atoms. The number of carbonyl (C=O) groups is 2. The lowest BCUT2D eigenvalue weighted by Gasteiger charge is -2.22. The van der Waals surface area contributed by atoms with Gasteiger partial charge in [0, 0.05) is 16.3 Å². The normalized spacial score (nSPS) is 13.4. The fourth-order valence-corrected chi connectivity index (χ4v) is 4.93. The highest BCUT2D eigenvalue weighted by Crippen LogP contribution is 2.41. The molecule has 3 aromatic rings. The van der Waals surface area contributed by atoms with Crippen LogP contribution in [0.4, 0.5) is 18.9 Å². The number of phenols is 1. The maximum atomic E-state index is 13.5. The first-order chi connectivity index (χ1) is 17.4. The number of hydrogen-bond acceptors (Lipinski definition) is 6. The van der Waals surface area contributed by atoms with Gasteiger partial charge in [0.1, 0.15) is 5.75 Å². The molecular formula is C27H28F3NO6S. The molecule has 38 heavy (non-hydrogen) atoms. The van der Waals surface area contributed by atoms with E-state index in [1.165, 1.54) is 50.2 Å². The predicted octanol–water partition coefficient (Wildman–Crippen LogP) is 5.81. The highest BCUT2D eigenvalue weighted by Gasteiger charge is 2.49. The molecule has 0 aromatic heterocycles. The number of benzene rings is 3. The minimum atomic E-state index is -5.44. The molecule has 204 valence electrons. The Morgan fingerprint density at radius 1 is 0.947 bits per heavy atom. The summed E-state index contributed by atoms with van der Waals surface area (Å²) in [5.41, 5.74) is -0.323. The third-order valence-corrected chi connectivity index (χ3v) is 7.14. The standard InChI is InChI=1S/C27H28F3NO6S/c1-15(2)37-25(34)22(24(33)27(28,29)30)20-14-21(18-8-6-7-9-19(18)23(20)32)31-38(35,36)17-12-10-16(11-13-17)26(3,4)5/h6-15,22,31-32H,1-5H3/t22-/m0/s1. The number of sulfonamides is 1. The summed E-state index contributed by atoms with van der Waals surface area (Å²) in [6, 6.07) is 12.7. The van der Waals surface area contributed by atoms with Gasteiger partial charge in [0.15, 0.2) is 5.92 Å². The van der Waals surface area contributed by atoms with Gasteiger partial charge in [0.05, 0.1) is 16.7 Å². The number of carbonyl (C=O) groups excluding carboxylic acids is 2. The molecule has 0 aliphatic rings. The molecule has 0 fully saturated rings. The van der Waals surface area contributed by atoms with Crippen LogP contribution < -0.4 is 4.72 Å². The van der Waals surface area contributed by atoms with Gasteiger partial charge in [-0.1, -0.05) is 57.2 Å². The van der Waals surface area contributed by atoms with Crippen molar-refractivity contribution < 1.29 is 41.0 Å². The van der Waals surface area contributed by atoms with Crippen LogP contribution in [0.1, 0.15) is 51.7 Å². The SMILES string of the molecule is CC(C)OC(=O)[C@H](C(=O)C(F)(F)F)c1cc(NS(=O)(=O)c2ccc(C(C)(C)C)cc2)c2ccccc2c1O. The smallest absolute Gasteiger partial charge is 0.451 e. The van der Waals surface area contributed by atoms with Crippen LogP contribution in [-0.4, -0.2) is 37.6 Å². The van der Waals surface area contributed by atoms with Crippen molar-refractivity contribution in [2.24, 2.45) is 0 Å². The van der Waals surface area contributed by atoms with Crippen molar-refractivity contribution in [2.75, 3.05) is 4.72 Å². The fraction of sp³-hybridized carbons (Fsp3) is 0.333. The second-order valence-corrected chi connectivity index (χ2v) is 11.8. The second-order valence-electron chi connectivity index (χ2n) is 10.1. The molecule has 7 nitrogen and oxygen atoms in total. The summed E-state index contributed by atoms with van der Waals surface area (Å²) in [6.07, 6.45) is -6.30. The minimum Gasteiger partial charge on any atom is -0.507 e. The van der Waals surface area contributed by atoms with Crippen LogP contribution in [0.2, 0.25) is 0 Å². The molecule has 0 aliphatic carbocycles. The number of ether oxygens (including phenoxy) is 1. The van der Waals surface area contributed by atoms with Crippen molar-refractivity contribution >= 4 is 38.2 Å². The van der Waals surface area contributed by atoms with E-state index in [9.17, 15) is 36.3 Å². The summed E-state index contributed by atoms with van der Waals surface area (Å²) in [6.45, 7) is 8.65. The number of fused-ring (bicyclic) bond motifs is 1. The molecule has 1 atom stereocenters. The molecule has 0 radical (unpaired) electrons. The number of nitrogens with one attached hydrogen (secondary N) is 1. The highest BCUT2D eigenvalue weighted by atomic mass is 32.2. The Balaban J connectivity index is 2.20. The first-order valence-electron chi connectivity index (χ1n) is 11.6. The Labute approximate surface area is 218 Å². The monoisotopic (exact) mass is 551 g/mol. The largest absolute Gasteiger partial charge is 0.507 e. The first kappa shape index (κ1) is 29.0. The van der Waals surface area contributed by atoms with Gasteiger partial charge in [0.25, 0.3) is 15.8 Å². The van der Waals surface area contributed by atoms with Crippen LogP contribution >= 0.6 is 0 Å². The molecule has 0 aliphatic heterocycles. The minimum absolute atomic E-state index is 0.0666. The summed E-state index contributed by atoms with van der Waals surface area (Å²) in [5, 5.41) is 10.9. The molecule has 11 heteroatoms. The number of aromatic hydroxyl groups is 1. The van der Waals surface area contributed by atoms with Crippen molar-refractivity contribution in [3.05, 3.63) is 65.7 Å². The van der Waals surface area contributed by atoms with E-state index in [0.717, 1.165) is 11.6 Å². The molecule has 0 saturated carbocycles. The van der Waals surface area contributed by atoms with Crippen LogP contribution in [0.5, 0.6) is 5.75 Å². The number of esters is 1. The van der Waals surface area contributed by atoms with Gasteiger partial charge < -0.3 is 9.84 Å². The number of Topliss-reactive ketones (excluding diaryl/α,β-unsaturated/α-hetero) is 1. The van der Waals surface area contributed by atoms with E-state index >= 15 is 0 Å². The molecule has 3 rings (SSSR count). The average molecular weight is 552 g/mol. The molecular weight excluding hydrogens is 523 g/mol. The van der Waals surface area contributed by atoms with E-state index < -0.39 is 51.3 Å². The van der Waals surface area contributed by atoms with Gasteiger partial charge in [-0.2, -0.15) is 13.2 Å². The Bertz CT molecular complexity index is 1470. The summed E-state index contributed by atoms with van der Waals surface area (Å²) in [5.74, 6) is -7.34. The zero-order valence-corrected chi connectivity index (χ0v) is 22.2. The van der Waals surface area contributed by atoms with Crippen molar-refractivity contribution in [3.63, 3.8) is 0 Å². The number of hydrogen-bond donors (Lipinski definition) is 2. The van der Waals surface area contributed by atoms with Gasteiger partial charge in [0.2, 0.25) is 0 Å². The lowest BCUT2D eigenvalue weighted by atomic mass is 9.87. The number of ketones is 1. The summed E-state index contributed by atoms with van der Waals surface area (Å²) in [4.78, 5) is 24.9. The van der Waals surface area contributed by atoms with Crippen LogP contribution in [0, 0.1) is 0 Å². The quantitative estimate of drug-likeness (QED) is 0.218. The molecule has 3 aromatic carbocycles. The van der Waals surface area contributed by atoms with E-state index in [-0.39, 0.29) is 26.8 Å². The van der Waals surface area contributed by atoms with Crippen LogP contribution in [0.15, 0.2) is 59.5 Å². The van der Waals surface area contributed by atoms with Crippen molar-refractivity contribution in [1.82, 2.24) is 0 Å². The number of phenolic OH excluding ortho intramolecular Hbond substituents is 1. The third kappa shape index (κ3) is 6.09. The third-order valence-electron chi connectivity index (χ3n) is 5.76. The van der Waals surface area contributed by atoms with Gasteiger partial charge in [-0.25, -0.2) is 8.42 Å². The van der Waals surface area contributed by atoms with E-state index in [1.807, 2.05) is 20.8 Å². The van der Waals surface area contributed by atoms with Crippen molar-refractivity contribution in [1.29, 1.82) is 0 Å². The van der Waals surface area contributed by atoms with Crippen molar-refractivity contribution in [2.45, 2.75) is 63.1 Å². The molecule has 0 amide bonds. The van der Waals surface area contributed by atoms with Gasteiger partial charge in [-0.15, -0.1) is 0 Å². The number of anilines is 1. The lowest BCUT2D eigenvalue weighted by molar-refractivity contribution is -0.178. The van der Waals surface area contributed by atoms with Crippen LogP contribution in [0.3, 0.4) is 0 Å². The van der Waals surface area contributed by atoms with E-state index in [0.29, 0.717) is 0 Å². The number of halogens is 3. The fourth-order valence-electron chi connectivity index (χ4n) is 3.86. The maximum Gasteiger partial charge on any atom is 0.451 e. The maximum absolute atomic E-state index is 13.5. The average Bonchev–Trinajstić information content (AvgIpc) is 2.80. The Kier molecular flexibility index (Phi) is 7.84. The molecule has 0 saturated heterocycles. The van der Waals surface area contributed by atoms with Crippen molar-refractivity contribution in [3.8, 4) is 5.75 Å². The number of alkyl halides is 3. The van der Waals surface area contributed by atoms with Crippen LogP contribution in [0.25, 0.3) is 10.8 Å².